The third-order valence-electron chi connectivity index (χ3n) is 4.97. The number of nitrogens with one attached hydrogen (secondary N) is 1. The van der Waals surface area contributed by atoms with Crippen LogP contribution in [-0.4, -0.2) is 30.8 Å². The smallest absolute Gasteiger partial charge is 0.322 e. The number of aromatic nitrogens is 2. The van der Waals surface area contributed by atoms with Gasteiger partial charge in [0.15, 0.2) is 9.84 Å². The molecular formula is C24H21N3O4S. The van der Waals surface area contributed by atoms with E-state index in [1.807, 2.05) is 60.7 Å². The molecule has 0 aliphatic heterocycles. The average Bonchev–Trinajstić information content (AvgIpc) is 3.26. The van der Waals surface area contributed by atoms with Crippen molar-refractivity contribution in [3.63, 3.8) is 0 Å². The Hall–Kier alpha value is -3.78. The van der Waals surface area contributed by atoms with Crippen LogP contribution in [-0.2, 0) is 14.6 Å². The molecule has 32 heavy (non-hydrogen) atoms. The highest BCUT2D eigenvalue weighted by molar-refractivity contribution is 7.90. The first-order valence-electron chi connectivity index (χ1n) is 9.94. The van der Waals surface area contributed by atoms with Gasteiger partial charge in [-0.2, -0.15) is 0 Å². The summed E-state index contributed by atoms with van der Waals surface area (Å²) in [5.74, 6) is -0.289. The van der Waals surface area contributed by atoms with Crippen molar-refractivity contribution in [1.82, 2.24) is 10.2 Å². The van der Waals surface area contributed by atoms with Gasteiger partial charge in [0, 0.05) is 24.2 Å². The lowest BCUT2D eigenvalue weighted by atomic mass is 9.88. The summed E-state index contributed by atoms with van der Waals surface area (Å²) in [6.07, 6.45) is 1.32. The van der Waals surface area contributed by atoms with Gasteiger partial charge in [0.25, 0.3) is 0 Å². The molecule has 7 nitrogen and oxygen atoms in total. The Morgan fingerprint density at radius 3 is 2.12 bits per heavy atom. The molecule has 0 radical (unpaired) electrons. The molecule has 0 spiro atoms. The fraction of sp³-hybridized carbons (Fsp3) is 0.125. The summed E-state index contributed by atoms with van der Waals surface area (Å²) in [6.45, 7) is 0. The van der Waals surface area contributed by atoms with Crippen molar-refractivity contribution in [2.24, 2.45) is 0 Å². The van der Waals surface area contributed by atoms with E-state index in [1.54, 1.807) is 12.1 Å². The molecule has 1 aromatic heterocycles. The van der Waals surface area contributed by atoms with Crippen LogP contribution in [0, 0.1) is 0 Å². The summed E-state index contributed by atoms with van der Waals surface area (Å²) in [5.41, 5.74) is 2.50. The minimum Gasteiger partial charge on any atom is -0.403 e. The van der Waals surface area contributed by atoms with E-state index in [-0.39, 0.29) is 35.0 Å². The first kappa shape index (κ1) is 21.5. The number of rotatable bonds is 7. The van der Waals surface area contributed by atoms with Crippen molar-refractivity contribution < 1.29 is 17.6 Å². The third-order valence-corrected chi connectivity index (χ3v) is 6.08. The van der Waals surface area contributed by atoms with E-state index in [9.17, 15) is 13.2 Å². The summed E-state index contributed by atoms with van der Waals surface area (Å²) < 4.78 is 29.1. The molecule has 4 aromatic rings. The molecular weight excluding hydrogens is 426 g/mol. The Bertz CT molecular complexity index is 1280. The van der Waals surface area contributed by atoms with E-state index in [1.165, 1.54) is 12.1 Å². The van der Waals surface area contributed by atoms with Gasteiger partial charge in [0.05, 0.1) is 4.90 Å². The molecule has 0 atom stereocenters. The molecule has 0 saturated carbocycles. The Balaban J connectivity index is 1.51. The van der Waals surface area contributed by atoms with Crippen LogP contribution < -0.4 is 5.32 Å². The second-order valence-corrected chi connectivity index (χ2v) is 9.35. The van der Waals surface area contributed by atoms with Crippen LogP contribution in [0.2, 0.25) is 0 Å². The highest BCUT2D eigenvalue weighted by Crippen LogP contribution is 2.29. The van der Waals surface area contributed by atoms with Crippen molar-refractivity contribution in [1.29, 1.82) is 0 Å². The Kier molecular flexibility index (Phi) is 6.13. The van der Waals surface area contributed by atoms with E-state index in [4.69, 9.17) is 4.42 Å². The van der Waals surface area contributed by atoms with Gasteiger partial charge >= 0.3 is 6.01 Å². The highest BCUT2D eigenvalue weighted by atomic mass is 32.2. The molecule has 0 aliphatic carbocycles. The Morgan fingerprint density at radius 1 is 0.906 bits per heavy atom. The number of benzene rings is 3. The molecule has 0 aliphatic rings. The summed E-state index contributed by atoms with van der Waals surface area (Å²) in [7, 11) is -3.37. The van der Waals surface area contributed by atoms with Gasteiger partial charge in [0.1, 0.15) is 0 Å². The van der Waals surface area contributed by atoms with Crippen LogP contribution >= 0.6 is 0 Å². The number of hydrogen-bond donors (Lipinski definition) is 1. The molecule has 0 bridgehead atoms. The quantitative estimate of drug-likeness (QED) is 0.453. The van der Waals surface area contributed by atoms with E-state index < -0.39 is 9.84 Å². The first-order valence-corrected chi connectivity index (χ1v) is 11.8. The average molecular weight is 448 g/mol. The fourth-order valence-corrected chi connectivity index (χ4v) is 4.07. The van der Waals surface area contributed by atoms with Gasteiger partial charge in [-0.25, -0.2) is 8.42 Å². The fourth-order valence-electron chi connectivity index (χ4n) is 3.40. The van der Waals surface area contributed by atoms with Crippen molar-refractivity contribution in [3.8, 4) is 11.5 Å². The first-order chi connectivity index (χ1) is 15.4. The monoisotopic (exact) mass is 447 g/mol. The van der Waals surface area contributed by atoms with E-state index >= 15 is 0 Å². The van der Waals surface area contributed by atoms with Gasteiger partial charge in [-0.3, -0.25) is 10.1 Å². The van der Waals surface area contributed by atoms with Crippen LogP contribution in [0.3, 0.4) is 0 Å². The number of carbonyl (C=O) groups excluding carboxylic acids is 1. The highest BCUT2D eigenvalue weighted by Gasteiger charge is 2.20. The van der Waals surface area contributed by atoms with Crippen LogP contribution in [0.5, 0.6) is 0 Å². The predicted molar refractivity (Wildman–Crippen MR) is 121 cm³/mol. The van der Waals surface area contributed by atoms with Crippen molar-refractivity contribution in [3.05, 3.63) is 96.1 Å². The van der Waals surface area contributed by atoms with E-state index in [0.717, 1.165) is 17.4 Å². The molecule has 4 rings (SSSR count). The van der Waals surface area contributed by atoms with Gasteiger partial charge < -0.3 is 4.42 Å². The third kappa shape index (κ3) is 5.09. The molecule has 162 valence electrons. The Morgan fingerprint density at radius 2 is 1.53 bits per heavy atom. The summed E-state index contributed by atoms with van der Waals surface area (Å²) in [4.78, 5) is 12.9. The SMILES string of the molecule is CS(=O)(=O)c1cccc(-c2nnc(NC(=O)CC(c3ccccc3)c3ccccc3)o2)c1. The van der Waals surface area contributed by atoms with Gasteiger partial charge in [0.2, 0.25) is 11.8 Å². The number of carbonyl (C=O) groups is 1. The second-order valence-electron chi connectivity index (χ2n) is 7.34. The molecule has 0 unspecified atom stereocenters. The van der Waals surface area contributed by atoms with Crippen LogP contribution in [0.4, 0.5) is 6.01 Å². The lowest BCUT2D eigenvalue weighted by Crippen LogP contribution is -2.16. The van der Waals surface area contributed by atoms with Gasteiger partial charge in [-0.05, 0) is 29.3 Å². The van der Waals surface area contributed by atoms with Crippen LogP contribution in [0.15, 0.2) is 94.2 Å². The number of sulfone groups is 1. The zero-order valence-electron chi connectivity index (χ0n) is 17.3. The Labute approximate surface area is 186 Å². The van der Waals surface area contributed by atoms with Crippen LogP contribution in [0.1, 0.15) is 23.5 Å². The predicted octanol–water partition coefficient (Wildman–Crippen LogP) is 4.30. The maximum absolute atomic E-state index is 12.8. The molecule has 0 saturated heterocycles. The number of anilines is 1. The van der Waals surface area contributed by atoms with E-state index in [2.05, 4.69) is 15.5 Å². The van der Waals surface area contributed by atoms with Crippen molar-refractivity contribution >= 4 is 21.8 Å². The van der Waals surface area contributed by atoms with Crippen LogP contribution in [0.25, 0.3) is 11.5 Å². The van der Waals surface area contributed by atoms with Crippen molar-refractivity contribution in [2.45, 2.75) is 17.2 Å². The lowest BCUT2D eigenvalue weighted by Gasteiger charge is -2.17. The minimum atomic E-state index is -3.37. The maximum atomic E-state index is 12.8. The minimum absolute atomic E-state index is 0.0466. The standard InChI is InChI=1S/C24H21N3O4S/c1-32(29,30)20-14-8-13-19(15-20)23-26-27-24(31-23)25-22(28)16-21(17-9-4-2-5-10-17)18-11-6-3-7-12-18/h2-15,21H,16H2,1H3,(H,25,27,28). The normalized spacial score (nSPS) is 11.4. The van der Waals surface area contributed by atoms with Gasteiger partial charge in [-0.15, -0.1) is 5.10 Å². The largest absolute Gasteiger partial charge is 0.403 e. The molecule has 8 heteroatoms. The number of amides is 1. The second kappa shape index (κ2) is 9.15. The molecule has 1 N–H and O–H groups in total. The van der Waals surface area contributed by atoms with Gasteiger partial charge in [-0.1, -0.05) is 71.8 Å². The summed E-state index contributed by atoms with van der Waals surface area (Å²) in [5, 5.41) is 10.5. The zero-order chi connectivity index (χ0) is 22.6. The lowest BCUT2D eigenvalue weighted by molar-refractivity contribution is -0.116. The zero-order valence-corrected chi connectivity index (χ0v) is 18.1. The number of nitrogens with zero attached hydrogens (tertiary/aromatic N) is 2. The topological polar surface area (TPSA) is 102 Å². The molecule has 0 fully saturated rings. The molecule has 1 amide bonds. The van der Waals surface area contributed by atoms with E-state index in [0.29, 0.717) is 5.56 Å². The number of hydrogen-bond acceptors (Lipinski definition) is 6. The summed E-state index contributed by atoms with van der Waals surface area (Å²) >= 11 is 0. The van der Waals surface area contributed by atoms with Crippen molar-refractivity contribution in [2.75, 3.05) is 11.6 Å². The molecule has 1 heterocycles. The molecule has 3 aromatic carbocycles. The maximum Gasteiger partial charge on any atom is 0.322 e. The summed E-state index contributed by atoms with van der Waals surface area (Å²) in [6, 6.07) is 25.8.